The number of H-pyrrole nitrogens is 1. The highest BCUT2D eigenvalue weighted by Crippen LogP contribution is 2.44. The van der Waals surface area contributed by atoms with Gasteiger partial charge in [0.2, 0.25) is 5.95 Å². The van der Waals surface area contributed by atoms with Crippen LogP contribution in [0.5, 0.6) is 0 Å². The second kappa shape index (κ2) is 15.7. The van der Waals surface area contributed by atoms with Gasteiger partial charge in [-0.05, 0) is 55.8 Å². The first-order valence-corrected chi connectivity index (χ1v) is 15.2. The number of alkyl halides is 3. The first-order chi connectivity index (χ1) is 21.0. The van der Waals surface area contributed by atoms with Crippen LogP contribution in [-0.2, 0) is 11.0 Å². The fraction of sp³-hybridized carbons (Fsp3) is 0.419. The van der Waals surface area contributed by atoms with E-state index in [1.165, 1.54) is 93.5 Å². The Morgan fingerprint density at radius 3 is 2.34 bits per heavy atom. The molecule has 1 aromatic heterocycles. The number of aliphatic carboxylic acids is 1. The molecule has 236 valence electrons. The number of rotatable bonds is 11. The summed E-state index contributed by atoms with van der Waals surface area (Å²) in [6.07, 6.45) is 6.36. The number of nitrogens with one attached hydrogen (secondary N) is 1. The molecule has 0 saturated carbocycles. The lowest BCUT2D eigenvalue weighted by Crippen LogP contribution is -2.37. The maximum Gasteiger partial charge on any atom is 0.416 e. The average molecular weight is 678 g/mol. The molecule has 1 aliphatic rings. The van der Waals surface area contributed by atoms with Gasteiger partial charge in [0.1, 0.15) is 6.04 Å². The highest BCUT2D eigenvalue weighted by Gasteiger charge is 2.40. The quantitative estimate of drug-likeness (QED) is 0.180. The first kappa shape index (κ1) is 34.6. The molecule has 1 aliphatic heterocycles. The number of anilines is 2. The van der Waals surface area contributed by atoms with E-state index in [9.17, 15) is 27.9 Å². The zero-order valence-electron chi connectivity index (χ0n) is 24.6. The summed E-state index contributed by atoms with van der Waals surface area (Å²) in [7, 11) is 0. The number of carboxylic acids is 1. The molecule has 13 heteroatoms. The second-order valence-electron chi connectivity index (χ2n) is 10.4. The number of hydrogen-bond acceptors (Lipinski definition) is 6. The van der Waals surface area contributed by atoms with Gasteiger partial charge in [-0.25, -0.2) is 19.3 Å². The van der Waals surface area contributed by atoms with Gasteiger partial charge in [-0.15, -0.1) is 5.10 Å². The zero-order chi connectivity index (χ0) is 32.4. The van der Waals surface area contributed by atoms with E-state index in [1.807, 2.05) is 6.07 Å². The number of nitrogens with zero attached hydrogens (tertiary/aromatic N) is 4. The lowest BCUT2D eigenvalue weighted by atomic mass is 9.94. The minimum absolute atomic E-state index is 0.0151. The lowest BCUT2D eigenvalue weighted by Gasteiger charge is -2.35. The van der Waals surface area contributed by atoms with E-state index in [-0.39, 0.29) is 22.9 Å². The molecule has 4 rings (SSSR count). The minimum Gasteiger partial charge on any atom is -0.478 e. The van der Waals surface area contributed by atoms with Crippen molar-refractivity contribution in [2.24, 2.45) is 5.73 Å². The van der Waals surface area contributed by atoms with Crippen LogP contribution in [-0.4, -0.2) is 32.4 Å². The third kappa shape index (κ3) is 8.18. The summed E-state index contributed by atoms with van der Waals surface area (Å²) in [5.74, 6) is -1.45. The highest BCUT2D eigenvalue weighted by molar-refractivity contribution is 9.10. The van der Waals surface area contributed by atoms with Gasteiger partial charge in [0.25, 0.3) is 0 Å². The molecule has 0 saturated heterocycles. The third-order valence-electron chi connectivity index (χ3n) is 7.29. The molecule has 2 heterocycles. The molecular formula is C31H36BrF3N6O3. The number of aromatic nitrogens is 3. The highest BCUT2D eigenvalue weighted by atomic mass is 79.9. The van der Waals surface area contributed by atoms with Gasteiger partial charge >= 0.3 is 17.8 Å². The first-order valence-electron chi connectivity index (χ1n) is 14.4. The SMILES string of the molecule is CC1=C(C(=O)O)[C@@H](c2ccc(C#N)cc2Br)n2c(n[nH]c2=O)N1c1cccc(C(F)(F)F)c1.CCCCCCCCCCN. The Morgan fingerprint density at radius 2 is 1.77 bits per heavy atom. The maximum atomic E-state index is 13.3. The molecule has 0 radical (unpaired) electrons. The Bertz CT molecular complexity index is 1570. The second-order valence-corrected chi connectivity index (χ2v) is 11.3. The Morgan fingerprint density at radius 1 is 1.11 bits per heavy atom. The molecule has 4 N–H and O–H groups in total. The fourth-order valence-electron chi connectivity index (χ4n) is 5.08. The number of benzene rings is 2. The number of fused-ring (bicyclic) bond motifs is 1. The summed E-state index contributed by atoms with van der Waals surface area (Å²) in [6.45, 7) is 4.56. The van der Waals surface area contributed by atoms with Gasteiger partial charge in [0, 0.05) is 15.9 Å². The van der Waals surface area contributed by atoms with Crippen LogP contribution in [0.3, 0.4) is 0 Å². The van der Waals surface area contributed by atoms with E-state index in [2.05, 4.69) is 33.1 Å². The van der Waals surface area contributed by atoms with E-state index in [0.29, 0.717) is 15.6 Å². The molecule has 44 heavy (non-hydrogen) atoms. The van der Waals surface area contributed by atoms with Crippen LogP contribution < -0.4 is 16.3 Å². The Labute approximate surface area is 262 Å². The number of halogens is 4. The number of hydrogen-bond donors (Lipinski definition) is 3. The molecule has 0 aliphatic carbocycles. The van der Waals surface area contributed by atoms with Crippen molar-refractivity contribution < 1.29 is 23.1 Å². The van der Waals surface area contributed by atoms with E-state index in [4.69, 9.17) is 11.0 Å². The summed E-state index contributed by atoms with van der Waals surface area (Å²) < 4.78 is 41.3. The van der Waals surface area contributed by atoms with Crippen LogP contribution >= 0.6 is 15.9 Å². The molecule has 0 amide bonds. The van der Waals surface area contributed by atoms with Gasteiger partial charge in [-0.3, -0.25) is 4.90 Å². The zero-order valence-corrected chi connectivity index (χ0v) is 26.2. The van der Waals surface area contributed by atoms with Crippen LogP contribution in [0.2, 0.25) is 0 Å². The monoisotopic (exact) mass is 676 g/mol. The predicted octanol–water partition coefficient (Wildman–Crippen LogP) is 7.41. The van der Waals surface area contributed by atoms with Crippen molar-refractivity contribution in [1.82, 2.24) is 14.8 Å². The molecule has 1 atom stereocenters. The number of nitriles is 1. The number of aromatic amines is 1. The summed E-state index contributed by atoms with van der Waals surface area (Å²) in [4.78, 5) is 26.3. The topological polar surface area (TPSA) is 141 Å². The summed E-state index contributed by atoms with van der Waals surface area (Å²) in [5.41, 5.74) is 4.19. The lowest BCUT2D eigenvalue weighted by molar-refractivity contribution is -0.137. The van der Waals surface area contributed by atoms with Gasteiger partial charge in [-0.1, -0.05) is 79.9 Å². The molecule has 0 spiro atoms. The number of unbranched alkanes of at least 4 members (excludes halogenated alkanes) is 7. The smallest absolute Gasteiger partial charge is 0.416 e. The number of carbonyl (C=O) groups is 1. The van der Waals surface area contributed by atoms with Crippen molar-refractivity contribution >= 4 is 33.5 Å². The van der Waals surface area contributed by atoms with Crippen molar-refractivity contribution in [3.05, 3.63) is 85.4 Å². The van der Waals surface area contributed by atoms with Gasteiger partial charge in [-0.2, -0.15) is 18.4 Å². The third-order valence-corrected chi connectivity index (χ3v) is 7.97. The van der Waals surface area contributed by atoms with E-state index >= 15 is 0 Å². The summed E-state index contributed by atoms with van der Waals surface area (Å²) in [5, 5.41) is 25.4. The van der Waals surface area contributed by atoms with E-state index < -0.39 is 29.4 Å². The van der Waals surface area contributed by atoms with Crippen molar-refractivity contribution in [2.75, 3.05) is 11.4 Å². The maximum absolute atomic E-state index is 13.3. The molecule has 0 unspecified atom stereocenters. The number of carboxylic acid groups (broad SMARTS) is 1. The van der Waals surface area contributed by atoms with Crippen molar-refractivity contribution in [3.63, 3.8) is 0 Å². The molecule has 2 aromatic carbocycles. The Balaban J connectivity index is 0.000000411. The minimum atomic E-state index is -4.62. The van der Waals surface area contributed by atoms with Crippen LogP contribution in [0.25, 0.3) is 0 Å². The van der Waals surface area contributed by atoms with Crippen LogP contribution in [0.4, 0.5) is 24.8 Å². The largest absolute Gasteiger partial charge is 0.478 e. The van der Waals surface area contributed by atoms with Crippen molar-refractivity contribution in [2.45, 2.75) is 77.4 Å². The summed E-state index contributed by atoms with van der Waals surface area (Å²) >= 11 is 3.32. The van der Waals surface area contributed by atoms with Crippen molar-refractivity contribution in [3.8, 4) is 6.07 Å². The predicted molar refractivity (Wildman–Crippen MR) is 165 cm³/mol. The van der Waals surface area contributed by atoms with Gasteiger partial charge < -0.3 is 10.8 Å². The average Bonchev–Trinajstić information content (AvgIpc) is 3.36. The van der Waals surface area contributed by atoms with Gasteiger partial charge in [0.15, 0.2) is 0 Å². The van der Waals surface area contributed by atoms with Gasteiger partial charge in [0.05, 0.1) is 22.8 Å². The van der Waals surface area contributed by atoms with Crippen LogP contribution in [0, 0.1) is 11.3 Å². The fourth-order valence-corrected chi connectivity index (χ4v) is 5.67. The van der Waals surface area contributed by atoms with E-state index in [0.717, 1.165) is 23.2 Å². The van der Waals surface area contributed by atoms with Crippen molar-refractivity contribution in [1.29, 1.82) is 5.26 Å². The Hall–Kier alpha value is -3.89. The van der Waals surface area contributed by atoms with E-state index in [1.54, 1.807) is 0 Å². The standard InChI is InChI=1S/C21H13BrF3N5O3.C10H23N/c1-10-16(18(31)32)17(14-6-5-11(9-26)7-15(14)22)30-19(27-28-20(30)33)29(10)13-4-2-3-12(8-13)21(23,24)25;1-2-3-4-5-6-7-8-9-10-11/h2-8,17H,1H3,(H,28,33)(H,31,32);2-11H2,1H3/t17-;/m1./s1. The molecule has 3 aromatic rings. The normalized spacial score (nSPS) is 14.5. The Kier molecular flexibility index (Phi) is 12.4. The number of nitrogens with two attached hydrogens (primary N) is 1. The summed E-state index contributed by atoms with van der Waals surface area (Å²) in [6, 6.07) is 9.55. The molecule has 0 bridgehead atoms. The number of allylic oxidation sites excluding steroid dienone is 1. The molecule has 0 fully saturated rings. The molecule has 9 nitrogen and oxygen atoms in total. The van der Waals surface area contributed by atoms with Crippen LogP contribution in [0.15, 0.2) is 63.0 Å². The van der Waals surface area contributed by atoms with Crippen LogP contribution in [0.1, 0.15) is 87.9 Å². The molecular weight excluding hydrogens is 641 g/mol.